The summed E-state index contributed by atoms with van der Waals surface area (Å²) in [6.45, 7) is 5.74. The normalized spacial score (nSPS) is 10.6. The summed E-state index contributed by atoms with van der Waals surface area (Å²) in [5, 5.41) is 0. The summed E-state index contributed by atoms with van der Waals surface area (Å²) in [6.07, 6.45) is 18.0. The second kappa shape index (κ2) is 13.2. The molecule has 0 saturated carbocycles. The van der Waals surface area contributed by atoms with Crippen molar-refractivity contribution >= 4 is 6.08 Å². The predicted octanol–water partition coefficient (Wildman–Crippen LogP) is 6.21. The molecule has 0 aliphatic carbocycles. The minimum atomic E-state index is 0.824. The fourth-order valence-electron chi connectivity index (χ4n) is 3.11. The van der Waals surface area contributed by atoms with Gasteiger partial charge in [-0.25, -0.2) is 4.57 Å². The van der Waals surface area contributed by atoms with Crippen molar-refractivity contribution in [1.82, 2.24) is 0 Å². The summed E-state index contributed by atoms with van der Waals surface area (Å²) in [6, 6.07) is 14.4. The van der Waals surface area contributed by atoms with Gasteiger partial charge in [0.15, 0.2) is 12.4 Å². The number of aromatic nitrogens is 1. The molecule has 0 radical (unpaired) electrons. The van der Waals surface area contributed by atoms with E-state index in [1.807, 2.05) is 30.3 Å². The third-order valence-corrected chi connectivity index (χ3v) is 4.72. The van der Waals surface area contributed by atoms with E-state index >= 15 is 0 Å². The second-order valence-electron chi connectivity index (χ2n) is 6.92. The predicted molar refractivity (Wildman–Crippen MR) is 110 cm³/mol. The summed E-state index contributed by atoms with van der Waals surface area (Å²) in [5.41, 5.74) is 1.14. The van der Waals surface area contributed by atoms with Gasteiger partial charge < -0.3 is 4.74 Å². The molecule has 0 spiro atoms. The van der Waals surface area contributed by atoms with Crippen LogP contribution in [0.2, 0.25) is 0 Å². The van der Waals surface area contributed by atoms with Gasteiger partial charge in [0.25, 0.3) is 0 Å². The molecule has 0 fully saturated rings. The standard InChI is InChI=1S/C24H34NO/c1-2-23-15-17-24(18-16-23)26-22-14-9-7-5-3-4-6-8-11-19-25-20-12-10-13-21-25/h2,10,12-13,15-18,20-21H,1,3-9,11,14,19,22H2/q+1. The first kappa shape index (κ1) is 20.2. The van der Waals surface area contributed by atoms with Crippen molar-refractivity contribution < 1.29 is 9.30 Å². The third kappa shape index (κ3) is 8.84. The molecule has 0 aliphatic heterocycles. The van der Waals surface area contributed by atoms with Crippen LogP contribution in [0.1, 0.15) is 63.4 Å². The van der Waals surface area contributed by atoms with E-state index in [0.29, 0.717) is 0 Å². The smallest absolute Gasteiger partial charge is 0.168 e. The number of benzene rings is 1. The first-order chi connectivity index (χ1) is 12.9. The molecule has 0 unspecified atom stereocenters. The number of rotatable bonds is 14. The van der Waals surface area contributed by atoms with Crippen molar-refractivity contribution in [3.05, 3.63) is 67.0 Å². The molecule has 2 heteroatoms. The topological polar surface area (TPSA) is 13.1 Å². The van der Waals surface area contributed by atoms with Crippen LogP contribution in [0.4, 0.5) is 0 Å². The van der Waals surface area contributed by atoms with Crippen molar-refractivity contribution in [3.63, 3.8) is 0 Å². The van der Waals surface area contributed by atoms with E-state index in [0.717, 1.165) is 30.9 Å². The van der Waals surface area contributed by atoms with Gasteiger partial charge in [0.1, 0.15) is 12.3 Å². The molecule has 0 N–H and O–H groups in total. The van der Waals surface area contributed by atoms with Gasteiger partial charge in [0.2, 0.25) is 0 Å². The Kier molecular flexibility index (Phi) is 10.2. The molecule has 2 aromatic rings. The highest BCUT2D eigenvalue weighted by Gasteiger charge is 1.98. The van der Waals surface area contributed by atoms with Crippen LogP contribution in [0.25, 0.3) is 6.08 Å². The van der Waals surface area contributed by atoms with Gasteiger partial charge in [-0.15, -0.1) is 0 Å². The Morgan fingerprint density at radius 2 is 1.31 bits per heavy atom. The van der Waals surface area contributed by atoms with E-state index in [1.54, 1.807) is 0 Å². The molecule has 0 atom stereocenters. The molecule has 1 aromatic carbocycles. The van der Waals surface area contributed by atoms with Gasteiger partial charge in [-0.2, -0.15) is 0 Å². The third-order valence-electron chi connectivity index (χ3n) is 4.72. The Morgan fingerprint density at radius 1 is 0.731 bits per heavy atom. The van der Waals surface area contributed by atoms with Gasteiger partial charge in [-0.05, 0) is 30.5 Å². The number of hydrogen-bond acceptors (Lipinski definition) is 1. The van der Waals surface area contributed by atoms with E-state index in [4.69, 9.17) is 4.74 Å². The number of unbranched alkanes of at least 4 members (excludes halogenated alkanes) is 8. The van der Waals surface area contributed by atoms with Gasteiger partial charge in [-0.1, -0.05) is 69.4 Å². The van der Waals surface area contributed by atoms with E-state index in [1.165, 1.54) is 51.4 Å². The van der Waals surface area contributed by atoms with Crippen LogP contribution in [-0.2, 0) is 6.54 Å². The highest BCUT2D eigenvalue weighted by molar-refractivity contribution is 5.48. The Labute approximate surface area is 159 Å². The molecule has 0 saturated heterocycles. The Morgan fingerprint density at radius 3 is 1.92 bits per heavy atom. The maximum absolute atomic E-state index is 5.78. The van der Waals surface area contributed by atoms with Crippen LogP contribution in [0.3, 0.4) is 0 Å². The number of nitrogens with zero attached hydrogens (tertiary/aromatic N) is 1. The van der Waals surface area contributed by atoms with Crippen LogP contribution in [0.15, 0.2) is 61.4 Å². The fraction of sp³-hybridized carbons (Fsp3) is 0.458. The SMILES string of the molecule is C=Cc1ccc(OCCCCCCCCCCC[n+]2ccccc2)cc1. The zero-order valence-electron chi connectivity index (χ0n) is 16.1. The second-order valence-corrected chi connectivity index (χ2v) is 6.92. The Hall–Kier alpha value is -2.09. The zero-order chi connectivity index (χ0) is 18.3. The first-order valence-corrected chi connectivity index (χ1v) is 10.2. The summed E-state index contributed by atoms with van der Waals surface area (Å²) in [5.74, 6) is 0.962. The molecule has 26 heavy (non-hydrogen) atoms. The molecule has 1 heterocycles. The van der Waals surface area contributed by atoms with Crippen molar-refractivity contribution in [2.24, 2.45) is 0 Å². The van der Waals surface area contributed by atoms with Crippen molar-refractivity contribution in [3.8, 4) is 5.75 Å². The van der Waals surface area contributed by atoms with E-state index in [2.05, 4.69) is 41.7 Å². The van der Waals surface area contributed by atoms with Gasteiger partial charge in [0.05, 0.1) is 6.61 Å². The summed E-state index contributed by atoms with van der Waals surface area (Å²) < 4.78 is 8.05. The average molecular weight is 353 g/mol. The molecule has 140 valence electrons. The lowest BCUT2D eigenvalue weighted by atomic mass is 10.1. The Bertz CT molecular complexity index is 591. The van der Waals surface area contributed by atoms with Crippen LogP contribution in [0, 0.1) is 0 Å². The number of hydrogen-bond donors (Lipinski definition) is 0. The van der Waals surface area contributed by atoms with Crippen molar-refractivity contribution in [1.29, 1.82) is 0 Å². The van der Waals surface area contributed by atoms with Crippen LogP contribution < -0.4 is 9.30 Å². The maximum Gasteiger partial charge on any atom is 0.168 e. The molecule has 2 rings (SSSR count). The minimum Gasteiger partial charge on any atom is -0.494 e. The quantitative estimate of drug-likeness (QED) is 0.291. The largest absolute Gasteiger partial charge is 0.494 e. The molecule has 0 bridgehead atoms. The summed E-state index contributed by atoms with van der Waals surface area (Å²) in [4.78, 5) is 0. The monoisotopic (exact) mass is 352 g/mol. The highest BCUT2D eigenvalue weighted by Crippen LogP contribution is 2.14. The van der Waals surface area contributed by atoms with E-state index < -0.39 is 0 Å². The van der Waals surface area contributed by atoms with Crippen molar-refractivity contribution in [2.45, 2.75) is 64.3 Å². The van der Waals surface area contributed by atoms with Crippen molar-refractivity contribution in [2.75, 3.05) is 6.61 Å². The number of pyridine rings is 1. The molecule has 0 amide bonds. The van der Waals surface area contributed by atoms with Crippen LogP contribution in [-0.4, -0.2) is 6.61 Å². The average Bonchev–Trinajstić information content (AvgIpc) is 2.70. The van der Waals surface area contributed by atoms with E-state index in [9.17, 15) is 0 Å². The molecule has 1 aromatic heterocycles. The lowest BCUT2D eigenvalue weighted by Gasteiger charge is -2.06. The fourth-order valence-corrected chi connectivity index (χ4v) is 3.11. The molecular weight excluding hydrogens is 318 g/mol. The highest BCUT2D eigenvalue weighted by atomic mass is 16.5. The summed E-state index contributed by atoms with van der Waals surface area (Å²) >= 11 is 0. The Balaban J connectivity index is 1.35. The van der Waals surface area contributed by atoms with Crippen LogP contribution >= 0.6 is 0 Å². The number of aryl methyl sites for hydroxylation is 1. The minimum absolute atomic E-state index is 0.824. The van der Waals surface area contributed by atoms with Crippen LogP contribution in [0.5, 0.6) is 5.75 Å². The lowest BCUT2D eigenvalue weighted by molar-refractivity contribution is -0.697. The maximum atomic E-state index is 5.78. The first-order valence-electron chi connectivity index (χ1n) is 10.2. The van der Waals surface area contributed by atoms with Gasteiger partial charge >= 0.3 is 0 Å². The van der Waals surface area contributed by atoms with E-state index in [-0.39, 0.29) is 0 Å². The molecule has 2 nitrogen and oxygen atoms in total. The van der Waals surface area contributed by atoms with Gasteiger partial charge in [-0.3, -0.25) is 0 Å². The number of ether oxygens (including phenoxy) is 1. The zero-order valence-corrected chi connectivity index (χ0v) is 16.1. The molecular formula is C24H34NO+. The van der Waals surface area contributed by atoms with Gasteiger partial charge in [0, 0.05) is 18.6 Å². The lowest BCUT2D eigenvalue weighted by Crippen LogP contribution is -2.32. The molecule has 0 aliphatic rings. The summed E-state index contributed by atoms with van der Waals surface area (Å²) in [7, 11) is 0.